The molecule has 17 heavy (non-hydrogen) atoms. The van der Waals surface area contributed by atoms with E-state index in [1.807, 2.05) is 31.5 Å². The van der Waals surface area contributed by atoms with Crippen LogP contribution in [-0.2, 0) is 5.88 Å². The van der Waals surface area contributed by atoms with E-state index < -0.39 is 0 Å². The van der Waals surface area contributed by atoms with E-state index in [1.54, 1.807) is 6.20 Å². The smallest absolute Gasteiger partial charge is 0.153 e. The summed E-state index contributed by atoms with van der Waals surface area (Å²) >= 11 is 11.8. The summed E-state index contributed by atoms with van der Waals surface area (Å²) in [4.78, 5) is 4.28. The molecule has 5 heteroatoms. The number of aryl methyl sites for hydroxylation is 1. The fourth-order valence-electron chi connectivity index (χ4n) is 1.63. The van der Waals surface area contributed by atoms with Crippen molar-refractivity contribution in [3.63, 3.8) is 0 Å². The molecule has 2 aromatic rings. The van der Waals surface area contributed by atoms with Gasteiger partial charge < -0.3 is 0 Å². The topological polar surface area (TPSA) is 30.7 Å². The lowest BCUT2D eigenvalue weighted by Gasteiger charge is -2.06. The van der Waals surface area contributed by atoms with Crippen LogP contribution in [0.5, 0.6) is 0 Å². The van der Waals surface area contributed by atoms with Crippen molar-refractivity contribution in [1.82, 2.24) is 14.8 Å². The van der Waals surface area contributed by atoms with Crippen molar-refractivity contribution in [3.8, 4) is 5.82 Å². The lowest BCUT2D eigenvalue weighted by Crippen LogP contribution is -2.03. The third-order valence-corrected chi connectivity index (χ3v) is 3.56. The predicted octanol–water partition coefficient (Wildman–Crippen LogP) is 3.58. The Labute approximate surface area is 110 Å². The molecule has 2 aromatic heterocycles. The lowest BCUT2D eigenvalue weighted by molar-refractivity contribution is 0.804. The maximum Gasteiger partial charge on any atom is 0.153 e. The van der Waals surface area contributed by atoms with Gasteiger partial charge in [0, 0.05) is 17.8 Å². The first-order chi connectivity index (χ1) is 8.04. The van der Waals surface area contributed by atoms with E-state index in [0.717, 1.165) is 22.8 Å². The molecule has 0 atom stereocenters. The van der Waals surface area contributed by atoms with E-state index in [2.05, 4.69) is 10.1 Å². The Morgan fingerprint density at radius 3 is 2.53 bits per heavy atom. The van der Waals surface area contributed by atoms with Gasteiger partial charge in [0.15, 0.2) is 5.82 Å². The highest BCUT2D eigenvalue weighted by molar-refractivity contribution is 6.32. The molecule has 0 unspecified atom stereocenters. The fourth-order valence-corrected chi connectivity index (χ4v) is 2.09. The molecule has 0 aliphatic carbocycles. The average Bonchev–Trinajstić information content (AvgIpc) is 2.58. The zero-order chi connectivity index (χ0) is 12.6. The van der Waals surface area contributed by atoms with Gasteiger partial charge >= 0.3 is 0 Å². The second-order valence-electron chi connectivity index (χ2n) is 3.98. The first-order valence-electron chi connectivity index (χ1n) is 5.28. The van der Waals surface area contributed by atoms with Gasteiger partial charge in [0.2, 0.25) is 0 Å². The summed E-state index contributed by atoms with van der Waals surface area (Å²) in [5.74, 6) is 1.12. The van der Waals surface area contributed by atoms with Crippen LogP contribution in [0.15, 0.2) is 12.3 Å². The summed E-state index contributed by atoms with van der Waals surface area (Å²) < 4.78 is 1.82. The monoisotopic (exact) mass is 269 g/mol. The Hall–Kier alpha value is -1.06. The Morgan fingerprint density at radius 2 is 2.00 bits per heavy atom. The van der Waals surface area contributed by atoms with E-state index in [-0.39, 0.29) is 0 Å². The fraction of sp³-hybridized carbons (Fsp3) is 0.333. The highest BCUT2D eigenvalue weighted by Gasteiger charge is 2.11. The van der Waals surface area contributed by atoms with Crippen LogP contribution in [0.25, 0.3) is 5.82 Å². The standard InChI is InChI=1S/C12H13Cl2N3/c1-7-8(2)16-17(9(7)3)12-4-10(5-13)11(14)6-15-12/h4,6H,5H2,1-3H3. The second-order valence-corrected chi connectivity index (χ2v) is 4.65. The van der Waals surface area contributed by atoms with E-state index in [0.29, 0.717) is 10.9 Å². The number of nitrogens with zero attached hydrogens (tertiary/aromatic N) is 3. The van der Waals surface area contributed by atoms with Crippen LogP contribution < -0.4 is 0 Å². The number of hydrogen-bond acceptors (Lipinski definition) is 2. The highest BCUT2D eigenvalue weighted by Crippen LogP contribution is 2.21. The second kappa shape index (κ2) is 4.67. The zero-order valence-electron chi connectivity index (χ0n) is 9.96. The summed E-state index contributed by atoms with van der Waals surface area (Å²) in [6.45, 7) is 6.05. The number of halogens is 2. The Kier molecular flexibility index (Phi) is 3.40. The van der Waals surface area contributed by atoms with Gasteiger partial charge in [-0.25, -0.2) is 9.67 Å². The summed E-state index contributed by atoms with van der Waals surface area (Å²) in [6, 6.07) is 1.87. The van der Waals surface area contributed by atoms with Gasteiger partial charge in [0.05, 0.1) is 10.7 Å². The van der Waals surface area contributed by atoms with Crippen LogP contribution in [0, 0.1) is 20.8 Å². The van der Waals surface area contributed by atoms with Crippen molar-refractivity contribution in [2.75, 3.05) is 0 Å². The average molecular weight is 270 g/mol. The van der Waals surface area contributed by atoms with Gasteiger partial charge in [-0.3, -0.25) is 0 Å². The molecular weight excluding hydrogens is 257 g/mol. The van der Waals surface area contributed by atoms with Crippen LogP contribution in [0.3, 0.4) is 0 Å². The van der Waals surface area contributed by atoms with Gasteiger partial charge in [0.1, 0.15) is 0 Å². The number of hydrogen-bond donors (Lipinski definition) is 0. The maximum absolute atomic E-state index is 5.98. The normalized spacial score (nSPS) is 10.9. The summed E-state index contributed by atoms with van der Waals surface area (Å²) in [5, 5.41) is 5.04. The van der Waals surface area contributed by atoms with E-state index in [1.165, 1.54) is 5.56 Å². The third-order valence-electron chi connectivity index (χ3n) is 2.93. The van der Waals surface area contributed by atoms with E-state index in [9.17, 15) is 0 Å². The number of pyridine rings is 1. The molecule has 0 aliphatic heterocycles. The molecule has 0 bridgehead atoms. The minimum absolute atomic E-state index is 0.368. The molecule has 2 heterocycles. The van der Waals surface area contributed by atoms with Crippen LogP contribution in [0.2, 0.25) is 5.02 Å². The molecule has 0 aliphatic rings. The molecule has 0 fully saturated rings. The van der Waals surface area contributed by atoms with Crippen molar-refractivity contribution >= 4 is 23.2 Å². The third kappa shape index (κ3) is 2.17. The minimum atomic E-state index is 0.368. The molecule has 0 amide bonds. The Morgan fingerprint density at radius 1 is 1.29 bits per heavy atom. The Balaban J connectivity index is 2.57. The SMILES string of the molecule is Cc1nn(-c2cc(CCl)c(Cl)cn2)c(C)c1C. The van der Waals surface area contributed by atoms with Gasteiger partial charge in [-0.15, -0.1) is 11.6 Å². The summed E-state index contributed by atoms with van der Waals surface area (Å²) in [6.07, 6.45) is 1.61. The van der Waals surface area contributed by atoms with E-state index in [4.69, 9.17) is 23.2 Å². The van der Waals surface area contributed by atoms with Crippen LogP contribution in [0.4, 0.5) is 0 Å². The number of rotatable bonds is 2. The van der Waals surface area contributed by atoms with Crippen molar-refractivity contribution in [2.24, 2.45) is 0 Å². The van der Waals surface area contributed by atoms with Crippen LogP contribution >= 0.6 is 23.2 Å². The number of aromatic nitrogens is 3. The van der Waals surface area contributed by atoms with Crippen molar-refractivity contribution in [3.05, 3.63) is 39.8 Å². The van der Waals surface area contributed by atoms with E-state index >= 15 is 0 Å². The maximum atomic E-state index is 5.98. The molecule has 0 saturated carbocycles. The molecule has 0 saturated heterocycles. The van der Waals surface area contributed by atoms with Gasteiger partial charge in [-0.05, 0) is 38.0 Å². The van der Waals surface area contributed by atoms with Gasteiger partial charge in [-0.2, -0.15) is 5.10 Å². The molecule has 0 spiro atoms. The summed E-state index contributed by atoms with van der Waals surface area (Å²) in [5.41, 5.74) is 4.13. The van der Waals surface area contributed by atoms with Crippen molar-refractivity contribution in [1.29, 1.82) is 0 Å². The minimum Gasteiger partial charge on any atom is -0.236 e. The summed E-state index contributed by atoms with van der Waals surface area (Å²) in [7, 11) is 0. The predicted molar refractivity (Wildman–Crippen MR) is 70.1 cm³/mol. The first-order valence-corrected chi connectivity index (χ1v) is 6.19. The first kappa shape index (κ1) is 12.4. The molecular formula is C12H13Cl2N3. The molecule has 2 rings (SSSR count). The Bertz CT molecular complexity index is 561. The quantitative estimate of drug-likeness (QED) is 0.781. The molecule has 90 valence electrons. The molecule has 0 aromatic carbocycles. The molecule has 3 nitrogen and oxygen atoms in total. The van der Waals surface area contributed by atoms with Gasteiger partial charge in [-0.1, -0.05) is 11.6 Å². The van der Waals surface area contributed by atoms with Crippen molar-refractivity contribution < 1.29 is 0 Å². The van der Waals surface area contributed by atoms with Crippen molar-refractivity contribution in [2.45, 2.75) is 26.7 Å². The van der Waals surface area contributed by atoms with Crippen LogP contribution in [-0.4, -0.2) is 14.8 Å². The highest BCUT2D eigenvalue weighted by atomic mass is 35.5. The largest absolute Gasteiger partial charge is 0.236 e. The van der Waals surface area contributed by atoms with Crippen LogP contribution in [0.1, 0.15) is 22.5 Å². The lowest BCUT2D eigenvalue weighted by atomic mass is 10.2. The van der Waals surface area contributed by atoms with Gasteiger partial charge in [0.25, 0.3) is 0 Å². The number of alkyl halides is 1. The zero-order valence-corrected chi connectivity index (χ0v) is 11.5. The molecule has 0 N–H and O–H groups in total. The molecule has 0 radical (unpaired) electrons.